The molecule has 0 aliphatic rings. The monoisotopic (exact) mass is 255 g/mol. The van der Waals surface area contributed by atoms with E-state index in [2.05, 4.69) is 18.5 Å². The summed E-state index contributed by atoms with van der Waals surface area (Å²) in [5.41, 5.74) is 1.15. The van der Waals surface area contributed by atoms with Crippen molar-refractivity contribution >= 4 is 11.8 Å². The summed E-state index contributed by atoms with van der Waals surface area (Å²) in [6.45, 7) is 4.03. The second-order valence-electron chi connectivity index (χ2n) is 3.85. The van der Waals surface area contributed by atoms with E-state index in [4.69, 9.17) is 9.47 Å². The molecule has 1 N–H and O–H groups in total. The third-order valence-corrected chi connectivity index (χ3v) is 3.62. The Morgan fingerprint density at radius 3 is 2.65 bits per heavy atom. The van der Waals surface area contributed by atoms with Crippen LogP contribution in [0.15, 0.2) is 18.2 Å². The quantitative estimate of drug-likeness (QED) is 0.811. The maximum atomic E-state index is 5.35. The summed E-state index contributed by atoms with van der Waals surface area (Å²) in [5, 5.41) is 4.05. The minimum absolute atomic E-state index is 0.624. The predicted octanol–water partition coefficient (Wildman–Crippen LogP) is 2.54. The maximum Gasteiger partial charge on any atom is 0.127 e. The van der Waals surface area contributed by atoms with E-state index in [1.54, 1.807) is 14.2 Å². The van der Waals surface area contributed by atoms with Crippen LogP contribution in [0.2, 0.25) is 0 Å². The Hall–Kier alpha value is -0.870. The van der Waals surface area contributed by atoms with Gasteiger partial charge in [-0.1, -0.05) is 13.0 Å². The smallest absolute Gasteiger partial charge is 0.127 e. The fraction of sp³-hybridized carbons (Fsp3) is 0.538. The number of hydrogen-bond donors (Lipinski definition) is 1. The Kier molecular flexibility index (Phi) is 6.22. The first-order valence-corrected chi connectivity index (χ1v) is 6.94. The molecule has 0 bridgehead atoms. The highest BCUT2D eigenvalue weighted by molar-refractivity contribution is 7.99. The molecule has 0 aromatic heterocycles. The molecular formula is C13H21NO2S. The summed E-state index contributed by atoms with van der Waals surface area (Å²) in [6, 6.07) is 5.90. The molecule has 0 spiro atoms. The maximum absolute atomic E-state index is 5.35. The van der Waals surface area contributed by atoms with Gasteiger partial charge in [0, 0.05) is 30.0 Å². The number of hydrogen-bond acceptors (Lipinski definition) is 4. The van der Waals surface area contributed by atoms with Gasteiger partial charge in [0.1, 0.15) is 11.5 Å². The van der Waals surface area contributed by atoms with Gasteiger partial charge in [0.05, 0.1) is 14.2 Å². The van der Waals surface area contributed by atoms with E-state index in [1.165, 1.54) is 0 Å². The molecule has 96 valence electrons. The third-order valence-electron chi connectivity index (χ3n) is 2.64. The van der Waals surface area contributed by atoms with Crippen molar-refractivity contribution in [3.8, 4) is 11.5 Å². The first-order valence-electron chi connectivity index (χ1n) is 5.65. The van der Waals surface area contributed by atoms with Crippen LogP contribution in [-0.2, 0) is 6.54 Å². The van der Waals surface area contributed by atoms with Crippen LogP contribution in [0.3, 0.4) is 0 Å². The van der Waals surface area contributed by atoms with E-state index in [0.717, 1.165) is 30.2 Å². The number of nitrogens with one attached hydrogen (secondary N) is 1. The number of benzene rings is 1. The molecule has 0 heterocycles. The minimum Gasteiger partial charge on any atom is -0.497 e. The van der Waals surface area contributed by atoms with E-state index in [-0.39, 0.29) is 0 Å². The Labute approximate surface area is 108 Å². The first-order chi connectivity index (χ1) is 8.21. The molecule has 1 unspecified atom stereocenters. The summed E-state index contributed by atoms with van der Waals surface area (Å²) in [6.07, 6.45) is 2.13. The molecule has 1 atom stereocenters. The van der Waals surface area contributed by atoms with Crippen molar-refractivity contribution in [2.24, 2.45) is 0 Å². The highest BCUT2D eigenvalue weighted by Crippen LogP contribution is 2.24. The Bertz CT molecular complexity index is 344. The molecule has 0 saturated heterocycles. The van der Waals surface area contributed by atoms with Crippen LogP contribution in [0.1, 0.15) is 12.5 Å². The molecule has 1 aromatic carbocycles. The molecule has 0 saturated carbocycles. The second kappa shape index (κ2) is 7.45. The standard InChI is InChI=1S/C13H21NO2S/c1-10(17-4)8-14-9-11-5-6-12(15-2)7-13(11)16-3/h5-7,10,14H,8-9H2,1-4H3. The minimum atomic E-state index is 0.624. The molecule has 0 radical (unpaired) electrons. The van der Waals surface area contributed by atoms with E-state index < -0.39 is 0 Å². The van der Waals surface area contributed by atoms with Crippen molar-refractivity contribution in [2.75, 3.05) is 27.0 Å². The summed E-state index contributed by atoms with van der Waals surface area (Å²) in [5.74, 6) is 1.69. The fourth-order valence-electron chi connectivity index (χ4n) is 1.49. The van der Waals surface area contributed by atoms with Gasteiger partial charge in [-0.15, -0.1) is 0 Å². The van der Waals surface area contributed by atoms with Gasteiger partial charge >= 0.3 is 0 Å². The van der Waals surface area contributed by atoms with Crippen molar-refractivity contribution in [3.63, 3.8) is 0 Å². The lowest BCUT2D eigenvalue weighted by Crippen LogP contribution is -2.22. The molecule has 0 aliphatic carbocycles. The molecule has 1 rings (SSSR count). The van der Waals surface area contributed by atoms with Crippen LogP contribution < -0.4 is 14.8 Å². The zero-order valence-electron chi connectivity index (χ0n) is 10.9. The van der Waals surface area contributed by atoms with E-state index in [1.807, 2.05) is 30.0 Å². The van der Waals surface area contributed by atoms with Crippen molar-refractivity contribution in [1.82, 2.24) is 5.32 Å². The van der Waals surface area contributed by atoms with Crippen LogP contribution in [0.5, 0.6) is 11.5 Å². The molecule has 0 aliphatic heterocycles. The Morgan fingerprint density at radius 2 is 2.06 bits per heavy atom. The van der Waals surface area contributed by atoms with Gasteiger partial charge in [0.25, 0.3) is 0 Å². The van der Waals surface area contributed by atoms with E-state index in [0.29, 0.717) is 5.25 Å². The van der Waals surface area contributed by atoms with Crippen LogP contribution >= 0.6 is 11.8 Å². The lowest BCUT2D eigenvalue weighted by atomic mass is 10.2. The van der Waals surface area contributed by atoms with Gasteiger partial charge in [-0.05, 0) is 12.3 Å². The normalized spacial score (nSPS) is 12.2. The molecule has 4 heteroatoms. The Balaban J connectivity index is 2.58. The van der Waals surface area contributed by atoms with Crippen molar-refractivity contribution in [2.45, 2.75) is 18.7 Å². The highest BCUT2D eigenvalue weighted by atomic mass is 32.2. The first kappa shape index (κ1) is 14.2. The van der Waals surface area contributed by atoms with Crippen LogP contribution in [0.4, 0.5) is 0 Å². The molecule has 0 fully saturated rings. The summed E-state index contributed by atoms with van der Waals surface area (Å²) in [4.78, 5) is 0. The number of thioether (sulfide) groups is 1. The zero-order chi connectivity index (χ0) is 12.7. The largest absolute Gasteiger partial charge is 0.497 e. The molecule has 1 aromatic rings. The number of methoxy groups -OCH3 is 2. The molecule has 17 heavy (non-hydrogen) atoms. The Morgan fingerprint density at radius 1 is 1.29 bits per heavy atom. The van der Waals surface area contributed by atoms with Crippen molar-refractivity contribution in [3.05, 3.63) is 23.8 Å². The van der Waals surface area contributed by atoms with E-state index in [9.17, 15) is 0 Å². The lowest BCUT2D eigenvalue weighted by molar-refractivity contribution is 0.390. The fourth-order valence-corrected chi connectivity index (χ4v) is 1.78. The van der Waals surface area contributed by atoms with Crippen LogP contribution in [0, 0.1) is 0 Å². The molecular weight excluding hydrogens is 234 g/mol. The zero-order valence-corrected chi connectivity index (χ0v) is 11.8. The SMILES string of the molecule is COc1ccc(CNCC(C)SC)c(OC)c1. The van der Waals surface area contributed by atoms with Gasteiger partial charge in [-0.2, -0.15) is 11.8 Å². The molecule has 3 nitrogen and oxygen atoms in total. The van der Waals surface area contributed by atoms with Crippen LogP contribution in [-0.4, -0.2) is 32.3 Å². The predicted molar refractivity (Wildman–Crippen MR) is 74.2 cm³/mol. The topological polar surface area (TPSA) is 30.5 Å². The summed E-state index contributed by atoms with van der Waals surface area (Å²) < 4.78 is 10.5. The summed E-state index contributed by atoms with van der Waals surface area (Å²) >= 11 is 1.86. The average Bonchev–Trinajstić information content (AvgIpc) is 2.38. The van der Waals surface area contributed by atoms with Crippen molar-refractivity contribution in [1.29, 1.82) is 0 Å². The molecule has 0 amide bonds. The van der Waals surface area contributed by atoms with Crippen LogP contribution in [0.25, 0.3) is 0 Å². The highest BCUT2D eigenvalue weighted by Gasteiger charge is 2.05. The van der Waals surface area contributed by atoms with Gasteiger partial charge in [-0.25, -0.2) is 0 Å². The second-order valence-corrected chi connectivity index (χ2v) is 5.13. The van der Waals surface area contributed by atoms with Gasteiger partial charge in [0.15, 0.2) is 0 Å². The van der Waals surface area contributed by atoms with Gasteiger partial charge < -0.3 is 14.8 Å². The number of rotatable bonds is 7. The summed E-state index contributed by atoms with van der Waals surface area (Å²) in [7, 11) is 3.34. The third kappa shape index (κ3) is 4.48. The van der Waals surface area contributed by atoms with Crippen molar-refractivity contribution < 1.29 is 9.47 Å². The average molecular weight is 255 g/mol. The van der Waals surface area contributed by atoms with Gasteiger partial charge in [-0.3, -0.25) is 0 Å². The van der Waals surface area contributed by atoms with Gasteiger partial charge in [0.2, 0.25) is 0 Å². The van der Waals surface area contributed by atoms with E-state index >= 15 is 0 Å². The lowest BCUT2D eigenvalue weighted by Gasteiger charge is -2.13. The number of ether oxygens (including phenoxy) is 2.